The van der Waals surface area contributed by atoms with E-state index in [1.165, 1.54) is 44.9 Å². The first-order valence-corrected chi connectivity index (χ1v) is 5.48. The third-order valence-electron chi connectivity index (χ3n) is 3.91. The molecule has 12 heavy (non-hydrogen) atoms. The Labute approximate surface area is 76.1 Å². The van der Waals surface area contributed by atoms with Gasteiger partial charge in [0.1, 0.15) is 0 Å². The van der Waals surface area contributed by atoms with Gasteiger partial charge < -0.3 is 0 Å². The smallest absolute Gasteiger partial charge is 0.0179 e. The second-order valence-electron chi connectivity index (χ2n) is 4.83. The number of fused-ring (bicyclic) bond motifs is 1. The molecule has 2 atom stereocenters. The summed E-state index contributed by atoms with van der Waals surface area (Å²) in [5.74, 6) is 0.911. The maximum atomic E-state index is 2.51. The van der Waals surface area contributed by atoms with Crippen LogP contribution in [0.2, 0.25) is 0 Å². The molecule has 68 valence electrons. The number of allylic oxidation sites excluding steroid dienone is 2. The van der Waals surface area contributed by atoms with Crippen molar-refractivity contribution < 1.29 is 0 Å². The van der Waals surface area contributed by atoms with Crippen molar-refractivity contribution in [1.29, 1.82) is 0 Å². The first-order valence-electron chi connectivity index (χ1n) is 5.48. The zero-order valence-electron chi connectivity index (χ0n) is 8.18. The average molecular weight is 164 g/mol. The van der Waals surface area contributed by atoms with Crippen LogP contribution in [0.4, 0.5) is 0 Å². The Morgan fingerprint density at radius 3 is 3.00 bits per heavy atom. The van der Waals surface area contributed by atoms with E-state index in [9.17, 15) is 0 Å². The summed E-state index contributed by atoms with van der Waals surface area (Å²) >= 11 is 0. The quantitative estimate of drug-likeness (QED) is 0.476. The van der Waals surface area contributed by atoms with Gasteiger partial charge in [0.25, 0.3) is 0 Å². The third kappa shape index (κ3) is 1.44. The van der Waals surface area contributed by atoms with Gasteiger partial charge in [-0.25, -0.2) is 0 Å². The fourth-order valence-electron chi connectivity index (χ4n) is 2.92. The SMILES string of the molecule is CC12CCC=CC1CCCCC2. The molecule has 2 aliphatic carbocycles. The molecule has 0 aromatic carbocycles. The van der Waals surface area contributed by atoms with Crippen molar-refractivity contribution in [3.63, 3.8) is 0 Å². The highest BCUT2D eigenvalue weighted by Gasteiger charge is 2.34. The predicted molar refractivity (Wildman–Crippen MR) is 53.1 cm³/mol. The van der Waals surface area contributed by atoms with Crippen LogP contribution in [-0.4, -0.2) is 0 Å². The molecule has 0 bridgehead atoms. The van der Waals surface area contributed by atoms with Gasteiger partial charge in [-0.1, -0.05) is 38.3 Å². The van der Waals surface area contributed by atoms with E-state index in [0.29, 0.717) is 5.41 Å². The summed E-state index contributed by atoms with van der Waals surface area (Å²) in [5.41, 5.74) is 0.672. The van der Waals surface area contributed by atoms with Crippen LogP contribution in [0.25, 0.3) is 0 Å². The Kier molecular flexibility index (Phi) is 2.25. The van der Waals surface area contributed by atoms with Crippen molar-refractivity contribution in [2.45, 2.75) is 51.9 Å². The summed E-state index contributed by atoms with van der Waals surface area (Å²) in [5, 5.41) is 0. The van der Waals surface area contributed by atoms with Crippen LogP contribution in [0.5, 0.6) is 0 Å². The summed E-state index contributed by atoms with van der Waals surface area (Å²) in [6.07, 6.45) is 15.0. The van der Waals surface area contributed by atoms with Crippen molar-refractivity contribution in [2.75, 3.05) is 0 Å². The van der Waals surface area contributed by atoms with E-state index < -0.39 is 0 Å². The van der Waals surface area contributed by atoms with Gasteiger partial charge in [0.05, 0.1) is 0 Å². The minimum absolute atomic E-state index is 0.672. The molecular formula is C12H20. The Morgan fingerprint density at radius 1 is 1.17 bits per heavy atom. The zero-order valence-corrected chi connectivity index (χ0v) is 8.18. The molecule has 2 rings (SSSR count). The van der Waals surface area contributed by atoms with Crippen LogP contribution in [-0.2, 0) is 0 Å². The van der Waals surface area contributed by atoms with Crippen LogP contribution in [0, 0.1) is 11.3 Å². The first-order chi connectivity index (χ1) is 5.81. The standard InChI is InChI=1S/C12H20/c1-12-9-5-2-3-7-11(12)8-4-6-10-12/h4,8,11H,2-3,5-7,9-10H2,1H3. The Bertz CT molecular complexity index is 180. The summed E-state index contributed by atoms with van der Waals surface area (Å²) < 4.78 is 0. The largest absolute Gasteiger partial charge is 0.0882 e. The molecule has 1 fully saturated rings. The molecule has 0 nitrogen and oxygen atoms in total. The van der Waals surface area contributed by atoms with Crippen LogP contribution < -0.4 is 0 Å². The fourth-order valence-corrected chi connectivity index (χ4v) is 2.92. The monoisotopic (exact) mass is 164 g/mol. The molecule has 0 N–H and O–H groups in total. The molecular weight excluding hydrogens is 144 g/mol. The number of hydrogen-bond donors (Lipinski definition) is 0. The van der Waals surface area contributed by atoms with Gasteiger partial charge in [-0.3, -0.25) is 0 Å². The van der Waals surface area contributed by atoms with E-state index in [1.807, 2.05) is 0 Å². The van der Waals surface area contributed by atoms with Crippen LogP contribution >= 0.6 is 0 Å². The van der Waals surface area contributed by atoms with E-state index in [2.05, 4.69) is 19.1 Å². The van der Waals surface area contributed by atoms with Gasteiger partial charge in [0.2, 0.25) is 0 Å². The molecule has 0 heterocycles. The number of hydrogen-bond acceptors (Lipinski definition) is 0. The van der Waals surface area contributed by atoms with Gasteiger partial charge in [-0.05, 0) is 37.0 Å². The lowest BCUT2D eigenvalue weighted by Gasteiger charge is -2.37. The summed E-state index contributed by atoms with van der Waals surface area (Å²) in [7, 11) is 0. The second-order valence-corrected chi connectivity index (χ2v) is 4.83. The molecule has 0 aromatic heterocycles. The lowest BCUT2D eigenvalue weighted by Crippen LogP contribution is -2.27. The lowest BCUT2D eigenvalue weighted by molar-refractivity contribution is 0.184. The molecule has 1 saturated carbocycles. The van der Waals surface area contributed by atoms with Crippen molar-refractivity contribution in [3.05, 3.63) is 12.2 Å². The Balaban J connectivity index is 2.15. The molecule has 0 spiro atoms. The molecule has 2 aliphatic rings. The van der Waals surface area contributed by atoms with E-state index in [1.54, 1.807) is 0 Å². The van der Waals surface area contributed by atoms with Crippen molar-refractivity contribution in [1.82, 2.24) is 0 Å². The highest BCUT2D eigenvalue weighted by Crippen LogP contribution is 2.46. The van der Waals surface area contributed by atoms with Crippen molar-refractivity contribution >= 4 is 0 Å². The topological polar surface area (TPSA) is 0 Å². The summed E-state index contributed by atoms with van der Waals surface area (Å²) in [6, 6.07) is 0. The van der Waals surface area contributed by atoms with E-state index in [0.717, 1.165) is 5.92 Å². The molecule has 0 aromatic rings. The predicted octanol–water partition coefficient (Wildman–Crippen LogP) is 3.92. The van der Waals surface area contributed by atoms with Gasteiger partial charge in [0.15, 0.2) is 0 Å². The third-order valence-corrected chi connectivity index (χ3v) is 3.91. The van der Waals surface area contributed by atoms with Gasteiger partial charge >= 0.3 is 0 Å². The van der Waals surface area contributed by atoms with Crippen molar-refractivity contribution in [3.8, 4) is 0 Å². The zero-order chi connectivity index (χ0) is 8.44. The summed E-state index contributed by atoms with van der Waals surface area (Å²) in [6.45, 7) is 2.51. The van der Waals surface area contributed by atoms with Gasteiger partial charge in [0, 0.05) is 0 Å². The van der Waals surface area contributed by atoms with Gasteiger partial charge in [-0.2, -0.15) is 0 Å². The highest BCUT2D eigenvalue weighted by atomic mass is 14.4. The molecule has 0 heteroatoms. The van der Waals surface area contributed by atoms with Crippen LogP contribution in [0.3, 0.4) is 0 Å². The van der Waals surface area contributed by atoms with Crippen molar-refractivity contribution in [2.24, 2.45) is 11.3 Å². The minimum atomic E-state index is 0.672. The maximum absolute atomic E-state index is 2.51. The van der Waals surface area contributed by atoms with E-state index in [-0.39, 0.29) is 0 Å². The fraction of sp³-hybridized carbons (Fsp3) is 0.833. The Hall–Kier alpha value is -0.260. The normalized spacial score (nSPS) is 41.9. The van der Waals surface area contributed by atoms with E-state index in [4.69, 9.17) is 0 Å². The maximum Gasteiger partial charge on any atom is -0.0179 e. The molecule has 0 radical (unpaired) electrons. The van der Waals surface area contributed by atoms with Crippen LogP contribution in [0.15, 0.2) is 12.2 Å². The minimum Gasteiger partial charge on any atom is -0.0882 e. The van der Waals surface area contributed by atoms with E-state index >= 15 is 0 Å². The first kappa shape index (κ1) is 8.34. The summed E-state index contributed by atoms with van der Waals surface area (Å²) in [4.78, 5) is 0. The molecule has 0 saturated heterocycles. The number of rotatable bonds is 0. The molecule has 0 amide bonds. The lowest BCUT2D eigenvalue weighted by atomic mass is 9.68. The van der Waals surface area contributed by atoms with Gasteiger partial charge in [-0.15, -0.1) is 0 Å². The molecule has 2 unspecified atom stereocenters. The second kappa shape index (κ2) is 3.24. The Morgan fingerprint density at radius 2 is 2.08 bits per heavy atom. The molecule has 0 aliphatic heterocycles. The van der Waals surface area contributed by atoms with Crippen LogP contribution in [0.1, 0.15) is 51.9 Å². The highest BCUT2D eigenvalue weighted by molar-refractivity contribution is 5.03. The average Bonchev–Trinajstić information content (AvgIpc) is 2.25.